The number of hydrogen-bond donors (Lipinski definition) is 3. The number of nitrogen functional groups attached to an aromatic ring is 1. The molecule has 0 aromatic carbocycles. The van der Waals surface area contributed by atoms with Crippen LogP contribution in [0.1, 0.15) is 13.2 Å². The molecule has 1 aliphatic rings. The number of anilines is 1. The molecule has 0 aliphatic carbocycles. The summed E-state index contributed by atoms with van der Waals surface area (Å²) in [5.74, 6) is 0.353. The Morgan fingerprint density at radius 3 is 3.00 bits per heavy atom. The number of aliphatic hydroxyl groups excluding tert-OH is 1. The molecule has 2 aromatic heterocycles. The highest BCUT2D eigenvalue weighted by Crippen LogP contribution is 2.38. The molecule has 21 heavy (non-hydrogen) atoms. The summed E-state index contributed by atoms with van der Waals surface area (Å²) in [6.07, 6.45) is 0.519. The van der Waals surface area contributed by atoms with E-state index in [1.54, 1.807) is 16.8 Å². The minimum Gasteiger partial charge on any atom is -0.385 e. The van der Waals surface area contributed by atoms with E-state index in [1.807, 2.05) is 0 Å². The Hall–Kier alpha value is -1.74. The lowest BCUT2D eigenvalue weighted by molar-refractivity contribution is -0.0870. The van der Waals surface area contributed by atoms with Crippen LogP contribution in [0.25, 0.3) is 11.0 Å². The SMILES string of the molecule is COC[C@H]1O[C@@H](n2ccc3c(N)ncnc32)[C@H](O)[C@]1(C)O. The van der Waals surface area contributed by atoms with Crippen molar-refractivity contribution in [2.75, 3.05) is 19.5 Å². The van der Waals surface area contributed by atoms with Gasteiger partial charge in [0.1, 0.15) is 35.6 Å². The number of nitrogens with zero attached hydrogens (tertiary/aromatic N) is 3. The molecule has 1 fully saturated rings. The minimum atomic E-state index is -1.42. The summed E-state index contributed by atoms with van der Waals surface area (Å²) < 4.78 is 12.4. The van der Waals surface area contributed by atoms with Crippen molar-refractivity contribution in [1.82, 2.24) is 14.5 Å². The Bertz CT molecular complexity index is 657. The highest BCUT2D eigenvalue weighted by molar-refractivity contribution is 5.86. The Labute approximate surface area is 121 Å². The third-order valence-electron chi connectivity index (χ3n) is 3.96. The molecule has 0 bridgehead atoms. The van der Waals surface area contributed by atoms with Gasteiger partial charge in [-0.2, -0.15) is 0 Å². The Balaban J connectivity index is 2.02. The van der Waals surface area contributed by atoms with E-state index in [0.717, 1.165) is 0 Å². The molecule has 0 spiro atoms. The van der Waals surface area contributed by atoms with Crippen molar-refractivity contribution in [2.45, 2.75) is 31.0 Å². The predicted octanol–water partition coefficient (Wildman–Crippen LogP) is -0.331. The number of hydrogen-bond acceptors (Lipinski definition) is 7. The third-order valence-corrected chi connectivity index (χ3v) is 3.96. The van der Waals surface area contributed by atoms with Gasteiger partial charge in [-0.05, 0) is 13.0 Å². The van der Waals surface area contributed by atoms with E-state index in [0.29, 0.717) is 16.9 Å². The number of aromatic nitrogens is 3. The van der Waals surface area contributed by atoms with E-state index >= 15 is 0 Å². The summed E-state index contributed by atoms with van der Waals surface area (Å²) in [7, 11) is 1.51. The zero-order valence-corrected chi connectivity index (χ0v) is 11.8. The van der Waals surface area contributed by atoms with Gasteiger partial charge in [0.15, 0.2) is 6.23 Å². The van der Waals surface area contributed by atoms with Crippen LogP contribution in [0.15, 0.2) is 18.6 Å². The highest BCUT2D eigenvalue weighted by atomic mass is 16.6. The van der Waals surface area contributed by atoms with Crippen LogP contribution >= 0.6 is 0 Å². The van der Waals surface area contributed by atoms with E-state index in [2.05, 4.69) is 9.97 Å². The standard InChI is InChI=1S/C13H18N4O4/c1-13(19)8(5-20-2)21-12(9(13)18)17-4-3-7-10(14)15-6-16-11(7)17/h3-4,6,8-9,12,18-19H,5H2,1-2H3,(H2,14,15,16)/t8-,9+,12-,13-/m1/s1. The lowest BCUT2D eigenvalue weighted by Gasteiger charge is -2.25. The van der Waals surface area contributed by atoms with Crippen LogP contribution in [0.5, 0.6) is 0 Å². The third kappa shape index (κ3) is 2.07. The van der Waals surface area contributed by atoms with Crippen LogP contribution in [0.3, 0.4) is 0 Å². The first kappa shape index (κ1) is 14.2. The van der Waals surface area contributed by atoms with Gasteiger partial charge in [-0.15, -0.1) is 0 Å². The van der Waals surface area contributed by atoms with E-state index < -0.39 is 24.0 Å². The average molecular weight is 294 g/mol. The van der Waals surface area contributed by atoms with Crippen molar-refractivity contribution in [1.29, 1.82) is 0 Å². The fourth-order valence-corrected chi connectivity index (χ4v) is 2.63. The molecular formula is C13H18N4O4. The molecule has 3 rings (SSSR count). The quantitative estimate of drug-likeness (QED) is 0.709. The molecule has 114 valence electrons. The smallest absolute Gasteiger partial charge is 0.164 e. The lowest BCUT2D eigenvalue weighted by Crippen LogP contribution is -2.46. The maximum Gasteiger partial charge on any atom is 0.164 e. The molecular weight excluding hydrogens is 276 g/mol. The topological polar surface area (TPSA) is 116 Å². The molecule has 1 saturated heterocycles. The van der Waals surface area contributed by atoms with Gasteiger partial charge < -0.3 is 30.0 Å². The van der Waals surface area contributed by atoms with Crippen molar-refractivity contribution in [3.8, 4) is 0 Å². The van der Waals surface area contributed by atoms with Gasteiger partial charge in [0.2, 0.25) is 0 Å². The zero-order chi connectivity index (χ0) is 15.2. The van der Waals surface area contributed by atoms with E-state index in [4.69, 9.17) is 15.2 Å². The summed E-state index contributed by atoms with van der Waals surface area (Å²) in [4.78, 5) is 8.09. The van der Waals surface area contributed by atoms with Crippen LogP contribution in [0.4, 0.5) is 5.82 Å². The van der Waals surface area contributed by atoms with E-state index in [-0.39, 0.29) is 6.61 Å². The van der Waals surface area contributed by atoms with E-state index in [9.17, 15) is 10.2 Å². The van der Waals surface area contributed by atoms with Crippen LogP contribution in [0.2, 0.25) is 0 Å². The largest absolute Gasteiger partial charge is 0.385 e. The maximum absolute atomic E-state index is 10.4. The van der Waals surface area contributed by atoms with Crippen LogP contribution in [-0.2, 0) is 9.47 Å². The Morgan fingerprint density at radius 1 is 1.52 bits per heavy atom. The molecule has 0 radical (unpaired) electrons. The molecule has 8 nitrogen and oxygen atoms in total. The van der Waals surface area contributed by atoms with Gasteiger partial charge in [0, 0.05) is 13.3 Å². The van der Waals surface area contributed by atoms with Gasteiger partial charge >= 0.3 is 0 Å². The summed E-state index contributed by atoms with van der Waals surface area (Å²) >= 11 is 0. The van der Waals surface area contributed by atoms with Gasteiger partial charge in [-0.1, -0.05) is 0 Å². The Morgan fingerprint density at radius 2 is 2.29 bits per heavy atom. The normalized spacial score (nSPS) is 32.9. The molecule has 3 heterocycles. The molecule has 0 unspecified atom stereocenters. The molecule has 4 atom stereocenters. The highest BCUT2D eigenvalue weighted by Gasteiger charge is 2.53. The second-order valence-electron chi connectivity index (χ2n) is 5.36. The first-order valence-corrected chi connectivity index (χ1v) is 6.58. The number of nitrogens with two attached hydrogens (primary N) is 1. The van der Waals surface area contributed by atoms with Crippen molar-refractivity contribution in [2.24, 2.45) is 0 Å². The Kier molecular flexibility index (Phi) is 3.33. The number of methoxy groups -OCH3 is 1. The second kappa shape index (κ2) is 4.92. The fraction of sp³-hybridized carbons (Fsp3) is 0.538. The number of fused-ring (bicyclic) bond motifs is 1. The number of rotatable bonds is 3. The van der Waals surface area contributed by atoms with Gasteiger partial charge in [0.25, 0.3) is 0 Å². The molecule has 1 aliphatic heterocycles. The summed E-state index contributed by atoms with van der Waals surface area (Å²) in [5, 5.41) is 21.5. The van der Waals surface area contributed by atoms with Gasteiger partial charge in [-0.25, -0.2) is 9.97 Å². The second-order valence-corrected chi connectivity index (χ2v) is 5.36. The molecule has 4 N–H and O–H groups in total. The molecule has 0 saturated carbocycles. The zero-order valence-electron chi connectivity index (χ0n) is 11.8. The average Bonchev–Trinajstić information content (AvgIpc) is 2.95. The molecule has 2 aromatic rings. The van der Waals surface area contributed by atoms with Gasteiger partial charge in [-0.3, -0.25) is 0 Å². The summed E-state index contributed by atoms with van der Waals surface area (Å²) in [5.41, 5.74) is 4.92. The minimum absolute atomic E-state index is 0.177. The van der Waals surface area contributed by atoms with Gasteiger partial charge in [0.05, 0.1) is 12.0 Å². The van der Waals surface area contributed by atoms with Crippen molar-refractivity contribution >= 4 is 16.9 Å². The van der Waals surface area contributed by atoms with Crippen LogP contribution < -0.4 is 5.73 Å². The number of ether oxygens (including phenoxy) is 2. The first-order chi connectivity index (χ1) is 9.96. The van der Waals surface area contributed by atoms with Crippen molar-refractivity contribution in [3.63, 3.8) is 0 Å². The summed E-state index contributed by atoms with van der Waals surface area (Å²) in [6, 6.07) is 1.75. The van der Waals surface area contributed by atoms with Crippen molar-refractivity contribution < 1.29 is 19.7 Å². The lowest BCUT2D eigenvalue weighted by atomic mass is 9.95. The monoisotopic (exact) mass is 294 g/mol. The maximum atomic E-state index is 10.4. The van der Waals surface area contributed by atoms with E-state index in [1.165, 1.54) is 20.4 Å². The van der Waals surface area contributed by atoms with Crippen LogP contribution in [-0.4, -0.2) is 56.3 Å². The predicted molar refractivity (Wildman–Crippen MR) is 74.4 cm³/mol. The number of aliphatic hydroxyl groups is 2. The first-order valence-electron chi connectivity index (χ1n) is 6.58. The molecule has 8 heteroatoms. The molecule has 0 amide bonds. The summed E-state index contributed by atoms with van der Waals surface area (Å²) in [6.45, 7) is 1.70. The van der Waals surface area contributed by atoms with Crippen molar-refractivity contribution in [3.05, 3.63) is 18.6 Å². The van der Waals surface area contributed by atoms with Crippen LogP contribution in [0, 0.1) is 0 Å². The fourth-order valence-electron chi connectivity index (χ4n) is 2.63.